The van der Waals surface area contributed by atoms with Gasteiger partial charge < -0.3 is 34.3 Å². The number of amides is 2. The van der Waals surface area contributed by atoms with E-state index < -0.39 is 71.6 Å². The van der Waals surface area contributed by atoms with Gasteiger partial charge >= 0.3 is 23.9 Å². The maximum absolute atomic E-state index is 12.7. The van der Waals surface area contributed by atoms with E-state index in [2.05, 4.69) is 10.6 Å². The molecule has 0 spiro atoms. The average Bonchev–Trinajstić information content (AvgIpc) is 2.73. The second-order valence-corrected chi connectivity index (χ2v) is 9.44. The van der Waals surface area contributed by atoms with Gasteiger partial charge in [-0.1, -0.05) is 0 Å². The minimum absolute atomic E-state index is 0.284. The van der Waals surface area contributed by atoms with Gasteiger partial charge in [0.25, 0.3) is 0 Å². The van der Waals surface area contributed by atoms with Crippen LogP contribution in [0.25, 0.3) is 0 Å². The molecule has 0 aliphatic carbocycles. The molecule has 0 saturated carbocycles. The van der Waals surface area contributed by atoms with Crippen molar-refractivity contribution in [2.24, 2.45) is 5.92 Å². The summed E-state index contributed by atoms with van der Waals surface area (Å²) >= 11 is 0. The van der Waals surface area contributed by atoms with Gasteiger partial charge in [-0.3, -0.25) is 24.0 Å². The molecule has 5 atom stereocenters. The first-order valence-electron chi connectivity index (χ1n) is 11.6. The number of carbonyl (C=O) groups is 6. The van der Waals surface area contributed by atoms with Crippen molar-refractivity contribution >= 4 is 35.7 Å². The number of hydrogen-bond donors (Lipinski definition) is 2. The second-order valence-electron chi connectivity index (χ2n) is 9.44. The van der Waals surface area contributed by atoms with Crippen molar-refractivity contribution in [3.63, 3.8) is 0 Å². The van der Waals surface area contributed by atoms with Crippen LogP contribution in [0.3, 0.4) is 0 Å². The van der Waals surface area contributed by atoms with E-state index in [0.717, 1.165) is 21.0 Å². The topological polar surface area (TPSA) is 173 Å². The quantitative estimate of drug-likeness (QED) is 0.295. The van der Waals surface area contributed by atoms with E-state index in [4.69, 9.17) is 23.7 Å². The Bertz CT molecular complexity index is 922. The van der Waals surface area contributed by atoms with E-state index in [1.807, 2.05) is 0 Å². The molecule has 1 heterocycles. The van der Waals surface area contributed by atoms with Crippen LogP contribution in [0.1, 0.15) is 54.9 Å². The number of esters is 4. The van der Waals surface area contributed by atoms with Crippen molar-refractivity contribution in [3.05, 3.63) is 11.8 Å². The fourth-order valence-corrected chi connectivity index (χ4v) is 3.70. The summed E-state index contributed by atoms with van der Waals surface area (Å²) in [4.78, 5) is 72.8. The van der Waals surface area contributed by atoms with Crippen LogP contribution in [0.4, 0.5) is 0 Å². The summed E-state index contributed by atoms with van der Waals surface area (Å²) in [7, 11) is 1.12. The minimum Gasteiger partial charge on any atom is -0.477 e. The molecule has 0 aromatic heterocycles. The highest BCUT2D eigenvalue weighted by molar-refractivity contribution is 5.86. The standard InChI is InChI=1S/C24H36N2O11/c1-12(27)25-11-18(34-14(3)29)21(35-15(4)30)22-20(26-13(2)28)16(9-17(36-22)23(32)33-8)10-19(31)37-24(5,6)7/h9,16,18,20-22H,10-11H2,1-8H3,(H,25,27)(H,26,28)/t16-,18-,20-,21+,22-/m1/s1. The summed E-state index contributed by atoms with van der Waals surface area (Å²) in [5.41, 5.74) is -0.806. The molecule has 0 aromatic carbocycles. The summed E-state index contributed by atoms with van der Waals surface area (Å²) in [5, 5.41) is 5.15. The summed E-state index contributed by atoms with van der Waals surface area (Å²) in [6, 6.07) is -1.06. The Morgan fingerprint density at radius 3 is 2.03 bits per heavy atom. The van der Waals surface area contributed by atoms with Crippen LogP contribution in [-0.2, 0) is 52.5 Å². The molecule has 37 heavy (non-hydrogen) atoms. The summed E-state index contributed by atoms with van der Waals surface area (Å²) in [5.74, 6) is -5.26. The van der Waals surface area contributed by atoms with Crippen LogP contribution >= 0.6 is 0 Å². The van der Waals surface area contributed by atoms with Gasteiger partial charge in [0, 0.05) is 33.6 Å². The molecule has 0 aromatic rings. The van der Waals surface area contributed by atoms with Crippen LogP contribution in [0.5, 0.6) is 0 Å². The number of methoxy groups -OCH3 is 1. The Kier molecular flexibility index (Phi) is 11.5. The van der Waals surface area contributed by atoms with Gasteiger partial charge in [0.2, 0.25) is 17.6 Å². The van der Waals surface area contributed by atoms with E-state index in [1.54, 1.807) is 20.8 Å². The van der Waals surface area contributed by atoms with Crippen molar-refractivity contribution in [1.29, 1.82) is 0 Å². The van der Waals surface area contributed by atoms with Crippen molar-refractivity contribution in [1.82, 2.24) is 10.6 Å². The zero-order chi connectivity index (χ0) is 28.5. The molecule has 208 valence electrons. The maximum atomic E-state index is 12.7. The van der Waals surface area contributed by atoms with Gasteiger partial charge in [-0.25, -0.2) is 4.79 Å². The second kappa shape index (κ2) is 13.6. The van der Waals surface area contributed by atoms with Crippen molar-refractivity contribution in [2.45, 2.75) is 84.8 Å². The first kappa shape index (κ1) is 31.4. The summed E-state index contributed by atoms with van der Waals surface area (Å²) < 4.78 is 26.8. The SMILES string of the molecule is COC(=O)C1=C[C@H](CC(=O)OC(C)(C)C)[C@@H](NC(C)=O)[C@H]([C@@H](OC(C)=O)[C@@H](CNC(C)=O)OC(C)=O)O1. The molecule has 0 radical (unpaired) electrons. The zero-order valence-electron chi connectivity index (χ0n) is 22.4. The smallest absolute Gasteiger partial charge is 0.372 e. The van der Waals surface area contributed by atoms with E-state index in [-0.39, 0.29) is 18.7 Å². The van der Waals surface area contributed by atoms with Gasteiger partial charge in [-0.05, 0) is 26.8 Å². The molecule has 13 heteroatoms. The number of rotatable bonds is 10. The molecule has 1 rings (SSSR count). The summed E-state index contributed by atoms with van der Waals surface area (Å²) in [6.07, 6.45) is -3.05. The van der Waals surface area contributed by atoms with Crippen molar-refractivity contribution < 1.29 is 52.5 Å². The lowest BCUT2D eigenvalue weighted by Crippen LogP contribution is -2.60. The minimum atomic E-state index is -1.43. The molecular formula is C24H36N2O11. The molecule has 1 aliphatic rings. The number of nitrogens with one attached hydrogen (secondary N) is 2. The third-order valence-corrected chi connectivity index (χ3v) is 4.88. The van der Waals surface area contributed by atoms with E-state index >= 15 is 0 Å². The first-order chi connectivity index (χ1) is 17.0. The van der Waals surface area contributed by atoms with Crippen molar-refractivity contribution in [3.8, 4) is 0 Å². The van der Waals surface area contributed by atoms with Crippen LogP contribution < -0.4 is 10.6 Å². The van der Waals surface area contributed by atoms with E-state index in [9.17, 15) is 28.8 Å². The molecule has 0 fully saturated rings. The highest BCUT2D eigenvalue weighted by Gasteiger charge is 2.48. The fraction of sp³-hybridized carbons (Fsp3) is 0.667. The molecule has 0 bridgehead atoms. The molecule has 2 N–H and O–H groups in total. The van der Waals surface area contributed by atoms with Gasteiger partial charge in [0.05, 0.1) is 26.1 Å². The Balaban J connectivity index is 3.63. The number of carbonyl (C=O) groups excluding carboxylic acids is 6. The number of hydrogen-bond acceptors (Lipinski definition) is 11. The largest absolute Gasteiger partial charge is 0.477 e. The third kappa shape index (κ3) is 10.9. The highest BCUT2D eigenvalue weighted by Crippen LogP contribution is 2.32. The predicted molar refractivity (Wildman–Crippen MR) is 126 cm³/mol. The molecule has 0 unspecified atom stereocenters. The maximum Gasteiger partial charge on any atom is 0.372 e. The van der Waals surface area contributed by atoms with Gasteiger partial charge in [-0.2, -0.15) is 0 Å². The highest BCUT2D eigenvalue weighted by atomic mass is 16.6. The van der Waals surface area contributed by atoms with Gasteiger partial charge in [0.15, 0.2) is 18.3 Å². The molecule has 1 aliphatic heterocycles. The lowest BCUT2D eigenvalue weighted by molar-refractivity contribution is -0.182. The number of ether oxygens (including phenoxy) is 5. The Morgan fingerprint density at radius 1 is 0.973 bits per heavy atom. The van der Waals surface area contributed by atoms with Gasteiger partial charge in [-0.15, -0.1) is 0 Å². The lowest BCUT2D eigenvalue weighted by Gasteiger charge is -2.42. The van der Waals surface area contributed by atoms with E-state index in [0.29, 0.717) is 0 Å². The monoisotopic (exact) mass is 528 g/mol. The van der Waals surface area contributed by atoms with Crippen LogP contribution in [0.2, 0.25) is 0 Å². The normalized spacial score (nSPS) is 20.6. The predicted octanol–water partition coefficient (Wildman–Crippen LogP) is 0.294. The summed E-state index contributed by atoms with van der Waals surface area (Å²) in [6.45, 7) is 9.43. The average molecular weight is 529 g/mol. The van der Waals surface area contributed by atoms with Crippen LogP contribution in [-0.4, -0.2) is 79.3 Å². The fourth-order valence-electron chi connectivity index (χ4n) is 3.70. The molecular weight excluding hydrogens is 492 g/mol. The molecule has 13 nitrogen and oxygen atoms in total. The Morgan fingerprint density at radius 2 is 1.57 bits per heavy atom. The molecule has 2 amide bonds. The van der Waals surface area contributed by atoms with Gasteiger partial charge in [0.1, 0.15) is 5.60 Å². The Hall–Kier alpha value is -3.64. The lowest BCUT2D eigenvalue weighted by atomic mass is 9.84. The third-order valence-electron chi connectivity index (χ3n) is 4.88. The van der Waals surface area contributed by atoms with Crippen LogP contribution in [0.15, 0.2) is 11.8 Å². The van der Waals surface area contributed by atoms with Crippen molar-refractivity contribution in [2.75, 3.05) is 13.7 Å². The zero-order valence-corrected chi connectivity index (χ0v) is 22.4. The van der Waals surface area contributed by atoms with E-state index in [1.165, 1.54) is 19.9 Å². The Labute approximate surface area is 215 Å². The molecule has 0 saturated heterocycles. The first-order valence-corrected chi connectivity index (χ1v) is 11.6. The van der Waals surface area contributed by atoms with Crippen LogP contribution in [0, 0.1) is 5.92 Å².